The van der Waals surface area contributed by atoms with Crippen molar-refractivity contribution in [2.45, 2.75) is 6.54 Å². The first-order valence-corrected chi connectivity index (χ1v) is 7.14. The quantitative estimate of drug-likeness (QED) is 0.737. The van der Waals surface area contributed by atoms with E-state index in [1.807, 2.05) is 36.5 Å². The zero-order chi connectivity index (χ0) is 16.1. The van der Waals surface area contributed by atoms with Gasteiger partial charge in [-0.15, -0.1) is 0 Å². The number of aromatic amines is 1. The fourth-order valence-corrected chi connectivity index (χ4v) is 2.11. The minimum atomic E-state index is -0.341. The van der Waals surface area contributed by atoms with Crippen molar-refractivity contribution >= 4 is 5.91 Å². The summed E-state index contributed by atoms with van der Waals surface area (Å²) in [5.41, 5.74) is 1.96. The Kier molecular flexibility index (Phi) is 4.28. The van der Waals surface area contributed by atoms with E-state index in [0.717, 1.165) is 11.1 Å². The molecule has 0 saturated carbocycles. The van der Waals surface area contributed by atoms with Crippen molar-refractivity contribution in [3.63, 3.8) is 0 Å². The number of nitrogens with one attached hydrogen (secondary N) is 2. The lowest BCUT2D eigenvalue weighted by molar-refractivity contribution is 0.0946. The first kappa shape index (κ1) is 14.7. The second-order valence-corrected chi connectivity index (χ2v) is 4.92. The van der Waals surface area contributed by atoms with Gasteiger partial charge in [-0.2, -0.15) is 10.2 Å². The molecule has 0 atom stereocenters. The molecule has 3 aromatic rings. The van der Waals surface area contributed by atoms with Crippen LogP contribution in [0.3, 0.4) is 0 Å². The van der Waals surface area contributed by atoms with Crippen molar-refractivity contribution in [2.75, 3.05) is 6.54 Å². The molecule has 2 N–H and O–H groups in total. The van der Waals surface area contributed by atoms with Gasteiger partial charge in [-0.1, -0.05) is 30.3 Å². The summed E-state index contributed by atoms with van der Waals surface area (Å²) in [6, 6.07) is 12.6. The number of H-pyrrole nitrogens is 1. The van der Waals surface area contributed by atoms with E-state index in [9.17, 15) is 9.59 Å². The second-order valence-electron chi connectivity index (χ2n) is 4.92. The van der Waals surface area contributed by atoms with Crippen molar-refractivity contribution in [1.82, 2.24) is 25.3 Å². The molecule has 2 aromatic heterocycles. The van der Waals surface area contributed by atoms with E-state index in [2.05, 4.69) is 20.6 Å². The largest absolute Gasteiger partial charge is 0.349 e. The lowest BCUT2D eigenvalue weighted by Crippen LogP contribution is -2.29. The molecule has 0 fully saturated rings. The normalized spacial score (nSPS) is 10.4. The highest BCUT2D eigenvalue weighted by Gasteiger charge is 2.07. The lowest BCUT2D eigenvalue weighted by atomic mass is 10.1. The summed E-state index contributed by atoms with van der Waals surface area (Å²) in [4.78, 5) is 22.7. The maximum Gasteiger partial charge on any atom is 0.271 e. The van der Waals surface area contributed by atoms with Gasteiger partial charge in [0.05, 0.1) is 12.7 Å². The van der Waals surface area contributed by atoms with Gasteiger partial charge in [0.25, 0.3) is 11.5 Å². The Hall–Kier alpha value is -3.22. The van der Waals surface area contributed by atoms with Crippen molar-refractivity contribution in [1.29, 1.82) is 0 Å². The molecular weight excluding hydrogens is 294 g/mol. The predicted molar refractivity (Wildman–Crippen MR) is 84.9 cm³/mol. The van der Waals surface area contributed by atoms with Crippen LogP contribution in [0.5, 0.6) is 0 Å². The SMILES string of the molecule is O=C(NCCn1cc(-c2ccccc2)cn1)c1ccc(=O)[nH]n1. The summed E-state index contributed by atoms with van der Waals surface area (Å²) in [7, 11) is 0. The van der Waals surface area contributed by atoms with Crippen LogP contribution >= 0.6 is 0 Å². The molecule has 0 spiro atoms. The Morgan fingerprint density at radius 2 is 1.96 bits per heavy atom. The minimum absolute atomic E-state index is 0.176. The van der Waals surface area contributed by atoms with E-state index < -0.39 is 0 Å². The zero-order valence-corrected chi connectivity index (χ0v) is 12.3. The summed E-state index contributed by atoms with van der Waals surface area (Å²) in [5.74, 6) is -0.336. The Bertz CT molecular complexity index is 834. The number of hydrogen-bond donors (Lipinski definition) is 2. The number of nitrogens with zero attached hydrogens (tertiary/aromatic N) is 3. The third kappa shape index (κ3) is 3.70. The maximum absolute atomic E-state index is 11.8. The third-order valence-corrected chi connectivity index (χ3v) is 3.28. The Balaban J connectivity index is 1.55. The zero-order valence-electron chi connectivity index (χ0n) is 12.3. The summed E-state index contributed by atoms with van der Waals surface area (Å²) in [6.45, 7) is 0.956. The van der Waals surface area contributed by atoms with Crippen molar-refractivity contribution in [3.05, 3.63) is 70.9 Å². The van der Waals surface area contributed by atoms with Crippen LogP contribution in [-0.2, 0) is 6.54 Å². The summed E-state index contributed by atoms with van der Waals surface area (Å²) >= 11 is 0. The molecule has 1 aromatic carbocycles. The molecule has 0 bridgehead atoms. The fraction of sp³-hybridized carbons (Fsp3) is 0.125. The topological polar surface area (TPSA) is 92.7 Å². The number of amides is 1. The fourth-order valence-electron chi connectivity index (χ4n) is 2.11. The van der Waals surface area contributed by atoms with Crippen LogP contribution in [0.4, 0.5) is 0 Å². The van der Waals surface area contributed by atoms with E-state index in [1.54, 1.807) is 10.9 Å². The number of rotatable bonds is 5. The average Bonchev–Trinajstić information content (AvgIpc) is 3.05. The smallest absolute Gasteiger partial charge is 0.271 e. The molecule has 7 nitrogen and oxygen atoms in total. The Labute approximate surface area is 132 Å². The van der Waals surface area contributed by atoms with E-state index >= 15 is 0 Å². The number of benzene rings is 1. The van der Waals surface area contributed by atoms with Crippen molar-refractivity contribution in [3.8, 4) is 11.1 Å². The van der Waals surface area contributed by atoms with E-state index in [-0.39, 0.29) is 17.2 Å². The highest BCUT2D eigenvalue weighted by Crippen LogP contribution is 2.17. The Morgan fingerprint density at radius 1 is 1.13 bits per heavy atom. The summed E-state index contributed by atoms with van der Waals surface area (Å²) < 4.78 is 1.77. The first-order chi connectivity index (χ1) is 11.2. The van der Waals surface area contributed by atoms with Gasteiger partial charge in [0, 0.05) is 24.4 Å². The van der Waals surface area contributed by atoms with Gasteiger partial charge < -0.3 is 5.32 Å². The number of hydrogen-bond acceptors (Lipinski definition) is 4. The standard InChI is InChI=1S/C16H15N5O2/c22-15-7-6-14(19-20-15)16(23)17-8-9-21-11-13(10-18-21)12-4-2-1-3-5-12/h1-7,10-11H,8-9H2,(H,17,23)(H,20,22). The molecule has 0 radical (unpaired) electrons. The van der Waals surface area contributed by atoms with Gasteiger partial charge in [0.15, 0.2) is 0 Å². The van der Waals surface area contributed by atoms with Gasteiger partial charge in [0.1, 0.15) is 5.69 Å². The Morgan fingerprint density at radius 3 is 2.70 bits per heavy atom. The van der Waals surface area contributed by atoms with Gasteiger partial charge >= 0.3 is 0 Å². The van der Waals surface area contributed by atoms with Gasteiger partial charge in [-0.25, -0.2) is 5.10 Å². The molecule has 0 aliphatic rings. The van der Waals surface area contributed by atoms with Crippen molar-refractivity contribution < 1.29 is 4.79 Å². The summed E-state index contributed by atoms with van der Waals surface area (Å²) in [6.07, 6.45) is 3.72. The van der Waals surface area contributed by atoms with Gasteiger partial charge in [-0.05, 0) is 11.6 Å². The predicted octanol–water partition coefficient (Wildman–Crippen LogP) is 1.06. The van der Waals surface area contributed by atoms with Crippen LogP contribution < -0.4 is 10.9 Å². The molecule has 0 aliphatic heterocycles. The molecule has 23 heavy (non-hydrogen) atoms. The van der Waals surface area contributed by atoms with Crippen LogP contribution in [0, 0.1) is 0 Å². The van der Waals surface area contributed by atoms with E-state index in [4.69, 9.17) is 0 Å². The molecule has 0 unspecified atom stereocenters. The number of carbonyl (C=O) groups is 1. The molecule has 0 aliphatic carbocycles. The highest BCUT2D eigenvalue weighted by atomic mass is 16.2. The van der Waals surface area contributed by atoms with Gasteiger partial charge in [0.2, 0.25) is 0 Å². The molecule has 2 heterocycles. The van der Waals surface area contributed by atoms with Crippen LogP contribution in [-0.4, -0.2) is 32.4 Å². The van der Waals surface area contributed by atoms with Crippen LogP contribution in [0.2, 0.25) is 0 Å². The van der Waals surface area contributed by atoms with E-state index in [1.165, 1.54) is 12.1 Å². The number of carbonyl (C=O) groups excluding carboxylic acids is 1. The monoisotopic (exact) mass is 309 g/mol. The third-order valence-electron chi connectivity index (χ3n) is 3.28. The molecule has 7 heteroatoms. The molecule has 1 amide bonds. The second kappa shape index (κ2) is 6.69. The molecule has 116 valence electrons. The highest BCUT2D eigenvalue weighted by molar-refractivity contribution is 5.91. The maximum atomic E-state index is 11.8. The lowest BCUT2D eigenvalue weighted by Gasteiger charge is -2.04. The minimum Gasteiger partial charge on any atom is -0.349 e. The number of aromatic nitrogens is 4. The molecular formula is C16H15N5O2. The van der Waals surface area contributed by atoms with E-state index in [0.29, 0.717) is 13.1 Å². The average molecular weight is 309 g/mol. The molecule has 0 saturated heterocycles. The first-order valence-electron chi connectivity index (χ1n) is 7.14. The van der Waals surface area contributed by atoms with Crippen LogP contribution in [0.15, 0.2) is 59.7 Å². The summed E-state index contributed by atoms with van der Waals surface area (Å²) in [5, 5.41) is 12.9. The van der Waals surface area contributed by atoms with Gasteiger partial charge in [-0.3, -0.25) is 14.3 Å². The van der Waals surface area contributed by atoms with Crippen molar-refractivity contribution in [2.24, 2.45) is 0 Å². The van der Waals surface area contributed by atoms with Crippen LogP contribution in [0.1, 0.15) is 10.5 Å². The molecule has 3 rings (SSSR count). The van der Waals surface area contributed by atoms with Crippen LogP contribution in [0.25, 0.3) is 11.1 Å².